The highest BCUT2D eigenvalue weighted by atomic mass is 127. The van der Waals surface area contributed by atoms with Crippen molar-refractivity contribution in [3.05, 3.63) is 20.7 Å². The Hall–Kier alpha value is 0.0600. The van der Waals surface area contributed by atoms with Gasteiger partial charge in [0.25, 0.3) is 0 Å². The molecule has 1 aromatic rings. The molecule has 1 aliphatic rings. The molecule has 1 heterocycles. The smallest absolute Gasteiger partial charge is 0.159 e. The van der Waals surface area contributed by atoms with Gasteiger partial charge in [-0.3, -0.25) is 0 Å². The first-order valence-electron chi connectivity index (χ1n) is 5.02. The maximum atomic E-state index is 5.97. The fourth-order valence-corrected chi connectivity index (χ4v) is 1.89. The Morgan fingerprint density at radius 1 is 1.67 bits per heavy atom. The third kappa shape index (κ3) is 2.79. The number of halogens is 2. The van der Waals surface area contributed by atoms with Gasteiger partial charge in [-0.1, -0.05) is 11.6 Å². The highest BCUT2D eigenvalue weighted by Crippen LogP contribution is 2.42. The molecule has 0 bridgehead atoms. The normalized spacial score (nSPS) is 17.8. The molecule has 1 aliphatic carbocycles. The monoisotopic (exact) mass is 338 g/mol. The van der Waals surface area contributed by atoms with Crippen LogP contribution in [0.3, 0.4) is 0 Å². The van der Waals surface area contributed by atoms with Crippen molar-refractivity contribution in [1.82, 2.24) is 9.97 Å². The summed E-state index contributed by atoms with van der Waals surface area (Å²) in [5.74, 6) is 1.31. The minimum absolute atomic E-state index is 0.0319. The molecule has 1 aromatic heterocycles. The van der Waals surface area contributed by atoms with E-state index in [9.17, 15) is 0 Å². The molecular formula is C10H12ClIN2O. The zero-order valence-electron chi connectivity index (χ0n) is 8.41. The number of hydrogen-bond donors (Lipinski definition) is 0. The molecule has 2 rings (SSSR count). The lowest BCUT2D eigenvalue weighted by atomic mass is 10.2. The van der Waals surface area contributed by atoms with E-state index in [-0.39, 0.29) is 6.10 Å². The van der Waals surface area contributed by atoms with Crippen LogP contribution in [0.4, 0.5) is 0 Å². The summed E-state index contributed by atoms with van der Waals surface area (Å²) in [6, 6.07) is 0. The number of nitrogens with zero attached hydrogens (tertiary/aromatic N) is 2. The van der Waals surface area contributed by atoms with Gasteiger partial charge in [0.2, 0.25) is 0 Å². The molecule has 5 heteroatoms. The van der Waals surface area contributed by atoms with E-state index < -0.39 is 0 Å². The molecule has 1 fully saturated rings. The minimum atomic E-state index is 0.0319. The van der Waals surface area contributed by atoms with Gasteiger partial charge >= 0.3 is 0 Å². The molecule has 1 unspecified atom stereocenters. The number of ether oxygens (including phenoxy) is 1. The fourth-order valence-electron chi connectivity index (χ4n) is 1.50. The summed E-state index contributed by atoms with van der Waals surface area (Å²) >= 11 is 8.09. The SMILES string of the molecule is CCOC(c1ncc(I)c(Cl)n1)C1CC1. The molecular weight excluding hydrogens is 326 g/mol. The van der Waals surface area contributed by atoms with Crippen molar-refractivity contribution in [3.63, 3.8) is 0 Å². The average Bonchev–Trinajstić information content (AvgIpc) is 3.02. The van der Waals surface area contributed by atoms with Gasteiger partial charge in [-0.05, 0) is 48.3 Å². The first-order valence-corrected chi connectivity index (χ1v) is 6.47. The first-order chi connectivity index (χ1) is 7.22. The van der Waals surface area contributed by atoms with Gasteiger partial charge in [-0.2, -0.15) is 0 Å². The second-order valence-corrected chi connectivity index (χ2v) is 5.10. The first kappa shape index (κ1) is 11.5. The topological polar surface area (TPSA) is 35.0 Å². The van der Waals surface area contributed by atoms with Crippen LogP contribution in [-0.4, -0.2) is 16.6 Å². The standard InChI is InChI=1S/C10H12ClIN2O/c1-2-15-8(6-3-4-6)10-13-5-7(12)9(11)14-10/h5-6,8H,2-4H2,1H3. The Bertz CT molecular complexity index is 357. The van der Waals surface area contributed by atoms with Crippen molar-refractivity contribution in [2.75, 3.05) is 6.61 Å². The maximum absolute atomic E-state index is 5.97. The van der Waals surface area contributed by atoms with Crippen LogP contribution in [-0.2, 0) is 4.74 Å². The molecule has 0 radical (unpaired) electrons. The number of hydrogen-bond acceptors (Lipinski definition) is 3. The van der Waals surface area contributed by atoms with E-state index in [1.165, 1.54) is 12.8 Å². The molecule has 82 valence electrons. The quantitative estimate of drug-likeness (QED) is 0.624. The summed E-state index contributed by atoms with van der Waals surface area (Å²) in [7, 11) is 0. The van der Waals surface area contributed by atoms with Crippen molar-refractivity contribution in [2.24, 2.45) is 5.92 Å². The second-order valence-electron chi connectivity index (χ2n) is 3.58. The molecule has 1 atom stereocenters. The predicted octanol–water partition coefficient (Wildman–Crippen LogP) is 3.22. The zero-order chi connectivity index (χ0) is 10.8. The van der Waals surface area contributed by atoms with Crippen molar-refractivity contribution in [1.29, 1.82) is 0 Å². The Morgan fingerprint density at radius 3 is 2.93 bits per heavy atom. The Balaban J connectivity index is 2.21. The third-order valence-corrected chi connectivity index (χ3v) is 3.77. The number of aromatic nitrogens is 2. The van der Waals surface area contributed by atoms with Gasteiger partial charge < -0.3 is 4.74 Å². The van der Waals surface area contributed by atoms with Gasteiger partial charge in [0.15, 0.2) is 5.82 Å². The summed E-state index contributed by atoms with van der Waals surface area (Å²) in [5, 5.41) is 0.519. The molecule has 0 saturated heterocycles. The lowest BCUT2D eigenvalue weighted by Gasteiger charge is -2.14. The fraction of sp³-hybridized carbons (Fsp3) is 0.600. The highest BCUT2D eigenvalue weighted by Gasteiger charge is 2.35. The van der Waals surface area contributed by atoms with Gasteiger partial charge in [0.05, 0.1) is 3.57 Å². The van der Waals surface area contributed by atoms with E-state index in [0.717, 1.165) is 9.39 Å². The molecule has 3 nitrogen and oxygen atoms in total. The Labute approximate surface area is 108 Å². The molecule has 0 N–H and O–H groups in total. The largest absolute Gasteiger partial charge is 0.370 e. The summed E-state index contributed by atoms with van der Waals surface area (Å²) in [4.78, 5) is 8.57. The van der Waals surface area contributed by atoms with Crippen LogP contribution in [0.5, 0.6) is 0 Å². The van der Waals surface area contributed by atoms with E-state index in [1.54, 1.807) is 6.20 Å². The van der Waals surface area contributed by atoms with Crippen molar-refractivity contribution >= 4 is 34.2 Å². The van der Waals surface area contributed by atoms with Gasteiger partial charge in [0.1, 0.15) is 11.3 Å². The van der Waals surface area contributed by atoms with E-state index in [1.807, 2.05) is 6.92 Å². The van der Waals surface area contributed by atoms with Crippen molar-refractivity contribution < 1.29 is 4.74 Å². The van der Waals surface area contributed by atoms with E-state index in [2.05, 4.69) is 32.6 Å². The van der Waals surface area contributed by atoms with Crippen LogP contribution >= 0.6 is 34.2 Å². The second kappa shape index (κ2) is 4.93. The van der Waals surface area contributed by atoms with Crippen LogP contribution in [0.15, 0.2) is 6.20 Å². The minimum Gasteiger partial charge on any atom is -0.370 e. The van der Waals surface area contributed by atoms with Gasteiger partial charge in [0, 0.05) is 12.8 Å². The molecule has 15 heavy (non-hydrogen) atoms. The highest BCUT2D eigenvalue weighted by molar-refractivity contribution is 14.1. The molecule has 0 spiro atoms. The summed E-state index contributed by atoms with van der Waals surface area (Å²) in [6.45, 7) is 2.68. The van der Waals surface area contributed by atoms with Gasteiger partial charge in [-0.25, -0.2) is 9.97 Å². The van der Waals surface area contributed by atoms with Crippen LogP contribution in [0.25, 0.3) is 0 Å². The van der Waals surface area contributed by atoms with E-state index in [0.29, 0.717) is 17.7 Å². The van der Waals surface area contributed by atoms with Crippen LogP contribution in [0, 0.1) is 9.49 Å². The summed E-state index contributed by atoms with van der Waals surface area (Å²) < 4.78 is 6.54. The molecule has 0 aliphatic heterocycles. The molecule has 0 amide bonds. The average molecular weight is 339 g/mol. The third-order valence-electron chi connectivity index (χ3n) is 2.37. The predicted molar refractivity (Wildman–Crippen MR) is 66.9 cm³/mol. The lowest BCUT2D eigenvalue weighted by molar-refractivity contribution is 0.0400. The Morgan fingerprint density at radius 2 is 2.40 bits per heavy atom. The van der Waals surface area contributed by atoms with Crippen molar-refractivity contribution in [3.8, 4) is 0 Å². The van der Waals surface area contributed by atoms with E-state index >= 15 is 0 Å². The summed E-state index contributed by atoms with van der Waals surface area (Å²) in [5.41, 5.74) is 0. The molecule has 0 aromatic carbocycles. The lowest BCUT2D eigenvalue weighted by Crippen LogP contribution is -2.11. The van der Waals surface area contributed by atoms with Gasteiger partial charge in [-0.15, -0.1) is 0 Å². The number of rotatable bonds is 4. The van der Waals surface area contributed by atoms with Crippen LogP contribution in [0.1, 0.15) is 31.7 Å². The van der Waals surface area contributed by atoms with E-state index in [4.69, 9.17) is 16.3 Å². The molecule has 1 saturated carbocycles. The maximum Gasteiger partial charge on any atom is 0.159 e. The van der Waals surface area contributed by atoms with Crippen LogP contribution in [0.2, 0.25) is 5.15 Å². The Kier molecular flexibility index (Phi) is 3.79. The van der Waals surface area contributed by atoms with Crippen LogP contribution < -0.4 is 0 Å². The summed E-state index contributed by atoms with van der Waals surface area (Å²) in [6.07, 6.45) is 4.19. The zero-order valence-corrected chi connectivity index (χ0v) is 11.3. The van der Waals surface area contributed by atoms with Crippen molar-refractivity contribution in [2.45, 2.75) is 25.9 Å².